The number of pyridine rings is 1. The highest BCUT2D eigenvalue weighted by atomic mass is 35.5. The second-order valence-corrected chi connectivity index (χ2v) is 17.0. The fraction of sp³-hybridized carbons (Fsp3) is 0.545. The van der Waals surface area contributed by atoms with E-state index in [0.717, 1.165) is 55.4 Å². The molecule has 5 atom stereocenters. The quantitative estimate of drug-likeness (QED) is 0.192. The van der Waals surface area contributed by atoms with Gasteiger partial charge in [0, 0.05) is 41.1 Å². The minimum atomic E-state index is -5.28. The number of esters is 2. The molecule has 1 aliphatic heterocycles. The van der Waals surface area contributed by atoms with Crippen molar-refractivity contribution in [2.24, 2.45) is 11.8 Å². The summed E-state index contributed by atoms with van der Waals surface area (Å²) >= 11 is 6.25. The molecule has 10 nitrogen and oxygen atoms in total. The van der Waals surface area contributed by atoms with Gasteiger partial charge in [-0.1, -0.05) is 37.6 Å². The molecule has 2 fully saturated rings. The molecule has 1 saturated carbocycles. The first-order valence-electron chi connectivity index (χ1n) is 20.2. The van der Waals surface area contributed by atoms with Crippen molar-refractivity contribution in [2.75, 3.05) is 32.3 Å². The van der Waals surface area contributed by atoms with Crippen LogP contribution in [0.4, 0.5) is 18.9 Å². The van der Waals surface area contributed by atoms with E-state index in [0.29, 0.717) is 55.4 Å². The Labute approximate surface area is 342 Å². The summed E-state index contributed by atoms with van der Waals surface area (Å²) in [6.07, 6.45) is 1.65. The normalized spacial score (nSPS) is 27.0. The molecule has 0 radical (unpaired) electrons. The minimum Gasteiger partial charge on any atom is -0.493 e. The molecule has 312 valence electrons. The maximum Gasteiger partial charge on any atom is 0.471 e. The molecular formula is C44H51ClF3N3O7. The average molecular weight is 826 g/mol. The van der Waals surface area contributed by atoms with Crippen LogP contribution in [0, 0.1) is 11.8 Å². The van der Waals surface area contributed by atoms with Crippen LogP contribution < -0.4 is 19.7 Å². The summed E-state index contributed by atoms with van der Waals surface area (Å²) in [4.78, 5) is 44.7. The van der Waals surface area contributed by atoms with Crippen molar-refractivity contribution in [2.45, 2.75) is 113 Å². The van der Waals surface area contributed by atoms with Crippen LogP contribution in [0.3, 0.4) is 0 Å². The van der Waals surface area contributed by atoms with Gasteiger partial charge in [-0.3, -0.25) is 19.5 Å². The van der Waals surface area contributed by atoms with Gasteiger partial charge in [-0.15, -0.1) is 0 Å². The number of ether oxygens (including phenoxy) is 4. The maximum absolute atomic E-state index is 14.4. The number of nitrogens with zero attached hydrogens (tertiary/aromatic N) is 2. The Morgan fingerprint density at radius 1 is 1.05 bits per heavy atom. The largest absolute Gasteiger partial charge is 0.493 e. The van der Waals surface area contributed by atoms with E-state index in [4.69, 9.17) is 30.5 Å². The molecule has 58 heavy (non-hydrogen) atoms. The van der Waals surface area contributed by atoms with E-state index in [-0.39, 0.29) is 47.5 Å². The van der Waals surface area contributed by atoms with Crippen LogP contribution in [0.5, 0.6) is 11.5 Å². The predicted octanol–water partition coefficient (Wildman–Crippen LogP) is 8.05. The maximum atomic E-state index is 14.4. The van der Waals surface area contributed by atoms with Gasteiger partial charge < -0.3 is 24.3 Å². The van der Waals surface area contributed by atoms with E-state index in [1.165, 1.54) is 36.9 Å². The molecule has 0 unspecified atom stereocenters. The Morgan fingerprint density at radius 2 is 1.83 bits per heavy atom. The number of hydrogen-bond acceptors (Lipinski definition) is 9. The smallest absolute Gasteiger partial charge is 0.471 e. The van der Waals surface area contributed by atoms with E-state index in [1.54, 1.807) is 0 Å². The van der Waals surface area contributed by atoms with Crippen molar-refractivity contribution in [3.8, 4) is 11.5 Å². The highest BCUT2D eigenvalue weighted by molar-refractivity contribution is 6.31. The minimum absolute atomic E-state index is 0.0343. The number of carbonyl (C=O) groups is 3. The van der Waals surface area contributed by atoms with Crippen molar-refractivity contribution in [1.82, 2.24) is 10.3 Å². The second kappa shape index (κ2) is 16.7. The Kier molecular flexibility index (Phi) is 12.0. The molecule has 2 aromatic carbocycles. The molecule has 4 aliphatic rings. The zero-order valence-electron chi connectivity index (χ0n) is 33.3. The van der Waals surface area contributed by atoms with Gasteiger partial charge in [0.05, 0.1) is 20.8 Å². The third kappa shape index (κ3) is 8.00. The van der Waals surface area contributed by atoms with Gasteiger partial charge in [0.2, 0.25) is 0 Å². The highest BCUT2D eigenvalue weighted by Gasteiger charge is 2.60. The number of aryl methyl sites for hydroxylation is 1. The van der Waals surface area contributed by atoms with Crippen molar-refractivity contribution in [1.29, 1.82) is 0 Å². The van der Waals surface area contributed by atoms with Crippen LogP contribution in [0.1, 0.15) is 93.5 Å². The lowest BCUT2D eigenvalue weighted by molar-refractivity contribution is -0.174. The monoisotopic (exact) mass is 825 g/mol. The summed E-state index contributed by atoms with van der Waals surface area (Å²) in [5.74, 6) is -1.48. The fourth-order valence-electron chi connectivity index (χ4n) is 10.2. The van der Waals surface area contributed by atoms with Crippen molar-refractivity contribution < 1.29 is 46.5 Å². The van der Waals surface area contributed by atoms with E-state index in [9.17, 15) is 27.6 Å². The van der Waals surface area contributed by atoms with E-state index >= 15 is 0 Å². The lowest BCUT2D eigenvalue weighted by Gasteiger charge is -2.51. The van der Waals surface area contributed by atoms with Crippen LogP contribution in [0.25, 0.3) is 0 Å². The summed E-state index contributed by atoms with van der Waals surface area (Å²) in [7, 11) is 2.48. The number of amides is 1. The van der Waals surface area contributed by atoms with Crippen LogP contribution in [0.15, 0.2) is 54.7 Å². The summed E-state index contributed by atoms with van der Waals surface area (Å²) in [6.45, 7) is 5.28. The van der Waals surface area contributed by atoms with E-state index < -0.39 is 35.0 Å². The number of hydrogen-bond donors (Lipinski definition) is 1. The Hall–Kier alpha value is -4.36. The molecular weight excluding hydrogens is 775 g/mol. The van der Waals surface area contributed by atoms with Crippen molar-refractivity contribution in [3.63, 3.8) is 0 Å². The molecule has 1 saturated heterocycles. The molecule has 2 heterocycles. The summed E-state index contributed by atoms with van der Waals surface area (Å²) < 4.78 is 66.5. The van der Waals surface area contributed by atoms with E-state index in [2.05, 4.69) is 24.1 Å². The molecule has 1 spiro atoms. The highest BCUT2D eigenvalue weighted by Crippen LogP contribution is 2.58. The van der Waals surface area contributed by atoms with Gasteiger partial charge in [0.15, 0.2) is 0 Å². The topological polar surface area (TPSA) is 116 Å². The van der Waals surface area contributed by atoms with Gasteiger partial charge in [-0.05, 0) is 128 Å². The summed E-state index contributed by atoms with van der Waals surface area (Å²) in [6, 6.07) is 13.0. The number of rotatable bonds is 11. The first-order chi connectivity index (χ1) is 27.7. The van der Waals surface area contributed by atoms with Gasteiger partial charge in [-0.25, -0.2) is 4.79 Å². The van der Waals surface area contributed by atoms with Crippen molar-refractivity contribution >= 4 is 35.1 Å². The molecule has 3 aromatic rings. The number of carbonyl (C=O) groups excluding carboxylic acids is 3. The first-order valence-corrected chi connectivity index (χ1v) is 20.5. The summed E-state index contributed by atoms with van der Waals surface area (Å²) in [5, 5.41) is 3.27. The lowest BCUT2D eigenvalue weighted by Crippen LogP contribution is -2.63. The number of fused-ring (bicyclic) bond motifs is 3. The van der Waals surface area contributed by atoms with Crippen LogP contribution >= 0.6 is 11.6 Å². The third-order valence-corrected chi connectivity index (χ3v) is 13.2. The lowest BCUT2D eigenvalue weighted by atomic mass is 9.59. The molecule has 7 rings (SSSR count). The number of nitrogens with one attached hydrogen (secondary N) is 1. The standard InChI is InChI=1S/C44H51ClF3N3O7/c1-26(25-57-37-13-18-49-35-10-5-7-27(2)38(35)37)19-29-20-28-11-12-32(58-33-23-36(50-24-33)39(52)55-3)22-34(28)42(29)14-16-43(17-15-42,41(54)56-4)51(40(53)44(46,47)48)31-9-6-8-30(45)21-31/h6,8-9,11-13,18,21-22,26-27,29,33,36,50H,5,7,10,14-17,19-20,23-25H2,1-4H3/t26-,27-,29+,33+,36+,42?,43?/m1/s1. The van der Waals surface area contributed by atoms with Gasteiger partial charge in [0.25, 0.3) is 0 Å². The van der Waals surface area contributed by atoms with Gasteiger partial charge in [0.1, 0.15) is 29.2 Å². The molecule has 1 aromatic heterocycles. The van der Waals surface area contributed by atoms with Crippen molar-refractivity contribution in [3.05, 3.63) is 82.1 Å². The molecule has 0 bridgehead atoms. The van der Waals surface area contributed by atoms with Crippen LogP contribution in [-0.2, 0) is 42.1 Å². The Balaban J connectivity index is 1.21. The number of alkyl halides is 3. The Morgan fingerprint density at radius 3 is 2.53 bits per heavy atom. The number of halogens is 4. The average Bonchev–Trinajstić information content (AvgIpc) is 3.79. The number of methoxy groups -OCH3 is 2. The van der Waals surface area contributed by atoms with Gasteiger partial charge >= 0.3 is 24.0 Å². The molecule has 14 heteroatoms. The number of aromatic nitrogens is 1. The van der Waals surface area contributed by atoms with E-state index in [1.807, 2.05) is 30.5 Å². The molecule has 1 amide bonds. The third-order valence-electron chi connectivity index (χ3n) is 13.0. The fourth-order valence-corrected chi connectivity index (χ4v) is 10.4. The predicted molar refractivity (Wildman–Crippen MR) is 211 cm³/mol. The van der Waals surface area contributed by atoms with Gasteiger partial charge in [-0.2, -0.15) is 13.2 Å². The molecule has 1 N–H and O–H groups in total. The van der Waals surface area contributed by atoms with Crippen LogP contribution in [0.2, 0.25) is 5.02 Å². The first kappa shape index (κ1) is 41.8. The Bertz CT molecular complexity index is 2020. The second-order valence-electron chi connectivity index (χ2n) is 16.6. The zero-order valence-corrected chi connectivity index (χ0v) is 34.1. The number of anilines is 1. The molecule has 3 aliphatic carbocycles. The SMILES string of the molecule is COC(=O)[C@@H]1C[C@H](Oc2ccc3c(c2)C2(CCC(C(=O)OC)(N(C(=O)C(F)(F)F)c4cccc(Cl)c4)CC2)[C@@H](C[C@@H](C)COc2ccnc4c2[C@H](C)CCC4)C3)CN1. The summed E-state index contributed by atoms with van der Waals surface area (Å²) in [5.41, 5.74) is 1.72. The number of benzene rings is 2. The zero-order chi connectivity index (χ0) is 41.4. The van der Waals surface area contributed by atoms with Crippen LogP contribution in [-0.4, -0.2) is 74.1 Å².